The highest BCUT2D eigenvalue weighted by molar-refractivity contribution is 14.1. The van der Waals surface area contributed by atoms with Gasteiger partial charge in [-0.2, -0.15) is 0 Å². The Balaban J connectivity index is 2.02. The molecule has 1 aromatic heterocycles. The van der Waals surface area contributed by atoms with Crippen molar-refractivity contribution in [3.63, 3.8) is 0 Å². The van der Waals surface area contributed by atoms with Crippen LogP contribution < -0.4 is 10.5 Å². The summed E-state index contributed by atoms with van der Waals surface area (Å²) in [7, 11) is 0. The van der Waals surface area contributed by atoms with Crippen molar-refractivity contribution >= 4 is 45.1 Å². The fourth-order valence-corrected chi connectivity index (χ4v) is 4.06. The van der Waals surface area contributed by atoms with Gasteiger partial charge in [0.1, 0.15) is 11.6 Å². The van der Waals surface area contributed by atoms with E-state index in [0.717, 1.165) is 33.1 Å². The van der Waals surface area contributed by atoms with Crippen LogP contribution in [0.15, 0.2) is 24.4 Å². The number of rotatable bonds is 3. The number of nitrogens with two attached hydrogens (primary N) is 1. The highest BCUT2D eigenvalue weighted by Gasteiger charge is 2.50. The molecular weight excluding hydrogens is 399 g/mol. The average Bonchev–Trinajstić information content (AvgIpc) is 2.49. The number of hydrogen-bond acceptors (Lipinski definition) is 3. The Morgan fingerprint density at radius 2 is 2.33 bits per heavy atom. The molecule has 0 saturated heterocycles. The van der Waals surface area contributed by atoms with Crippen molar-refractivity contribution in [2.45, 2.75) is 38.8 Å². The maximum Gasteiger partial charge on any atom is 0.159 e. The van der Waals surface area contributed by atoms with E-state index in [2.05, 4.69) is 41.4 Å². The third-order valence-electron chi connectivity index (χ3n) is 4.82. The van der Waals surface area contributed by atoms with Gasteiger partial charge in [0, 0.05) is 29.5 Å². The topological polar surface area (TPSA) is 48.1 Å². The summed E-state index contributed by atoms with van der Waals surface area (Å²) < 4.78 is 7.31. The summed E-state index contributed by atoms with van der Waals surface area (Å²) in [6, 6.07) is 6.00. The number of ether oxygens (including phenoxy) is 1. The summed E-state index contributed by atoms with van der Waals surface area (Å²) in [5, 5.41) is 1.63. The van der Waals surface area contributed by atoms with Crippen LogP contribution in [0.3, 0.4) is 0 Å². The molecule has 1 saturated carbocycles. The van der Waals surface area contributed by atoms with Gasteiger partial charge in [-0.05, 0) is 47.2 Å². The smallest absolute Gasteiger partial charge is 0.159 e. The summed E-state index contributed by atoms with van der Waals surface area (Å²) >= 11 is 8.56. The summed E-state index contributed by atoms with van der Waals surface area (Å²) in [4.78, 5) is 4.46. The Morgan fingerprint density at radius 3 is 3.00 bits per heavy atom. The molecule has 21 heavy (non-hydrogen) atoms. The Kier molecular flexibility index (Phi) is 4.05. The van der Waals surface area contributed by atoms with Gasteiger partial charge in [0.05, 0.1) is 8.59 Å². The Morgan fingerprint density at radius 1 is 1.57 bits per heavy atom. The number of nitrogens with zero attached hydrogens (tertiary/aromatic N) is 1. The minimum Gasteiger partial charge on any atom is -0.486 e. The predicted octanol–water partition coefficient (Wildman–Crippen LogP) is 4.39. The zero-order valence-corrected chi connectivity index (χ0v) is 15.0. The molecule has 0 aliphatic heterocycles. The molecule has 3 rings (SSSR count). The first-order valence-corrected chi connectivity index (χ1v) is 8.58. The monoisotopic (exact) mass is 416 g/mol. The molecule has 5 heteroatoms. The molecular formula is C16H18ClIN2O. The number of pyridine rings is 1. The lowest BCUT2D eigenvalue weighted by Gasteiger charge is -2.51. The van der Waals surface area contributed by atoms with Crippen molar-refractivity contribution in [3.8, 4) is 5.75 Å². The fraction of sp³-hybridized carbons (Fsp3) is 0.438. The zero-order chi connectivity index (χ0) is 15.2. The van der Waals surface area contributed by atoms with E-state index >= 15 is 0 Å². The number of halogens is 2. The molecule has 1 heterocycles. The molecule has 0 amide bonds. The van der Waals surface area contributed by atoms with Crippen LogP contribution in [-0.4, -0.2) is 17.1 Å². The molecule has 3 unspecified atom stereocenters. The van der Waals surface area contributed by atoms with Gasteiger partial charge in [0.2, 0.25) is 0 Å². The van der Waals surface area contributed by atoms with Crippen LogP contribution in [0.1, 0.15) is 26.7 Å². The zero-order valence-electron chi connectivity index (χ0n) is 12.1. The van der Waals surface area contributed by atoms with E-state index in [-0.39, 0.29) is 17.6 Å². The van der Waals surface area contributed by atoms with Gasteiger partial charge in [0.15, 0.2) is 5.75 Å². The molecule has 1 aliphatic rings. The first kappa shape index (κ1) is 15.3. The third-order valence-corrected chi connectivity index (χ3v) is 5.94. The van der Waals surface area contributed by atoms with Crippen molar-refractivity contribution in [2.24, 2.45) is 11.1 Å². The largest absolute Gasteiger partial charge is 0.486 e. The standard InChI is InChI=1S/C16H18ClIN2O/c1-3-16(2)12(19)8-13(16)21-15-11(18)7-10(17)9-5-4-6-20-14(9)15/h4-7,12-13H,3,8,19H2,1-2H3. The van der Waals surface area contributed by atoms with Gasteiger partial charge in [-0.3, -0.25) is 4.98 Å². The predicted molar refractivity (Wildman–Crippen MR) is 94.9 cm³/mol. The summed E-state index contributed by atoms with van der Waals surface area (Å²) in [5.41, 5.74) is 7.03. The molecule has 1 aromatic carbocycles. The third kappa shape index (κ3) is 2.41. The van der Waals surface area contributed by atoms with Crippen molar-refractivity contribution in [1.82, 2.24) is 4.98 Å². The Bertz CT molecular complexity index is 693. The van der Waals surface area contributed by atoms with E-state index in [9.17, 15) is 0 Å². The van der Waals surface area contributed by atoms with Crippen LogP contribution in [-0.2, 0) is 0 Å². The number of fused-ring (bicyclic) bond motifs is 1. The molecule has 0 bridgehead atoms. The second-order valence-corrected chi connectivity index (χ2v) is 7.45. The van der Waals surface area contributed by atoms with Crippen LogP contribution in [0.4, 0.5) is 0 Å². The van der Waals surface area contributed by atoms with Crippen molar-refractivity contribution < 1.29 is 4.74 Å². The highest BCUT2D eigenvalue weighted by atomic mass is 127. The molecule has 1 fully saturated rings. The molecule has 0 spiro atoms. The van der Waals surface area contributed by atoms with Crippen molar-refractivity contribution in [2.75, 3.05) is 0 Å². The molecule has 0 radical (unpaired) electrons. The summed E-state index contributed by atoms with van der Waals surface area (Å²) in [6.45, 7) is 4.36. The average molecular weight is 417 g/mol. The van der Waals surface area contributed by atoms with Crippen LogP contribution in [0.5, 0.6) is 5.75 Å². The minimum atomic E-state index is 0.0316. The van der Waals surface area contributed by atoms with Crippen LogP contribution >= 0.6 is 34.2 Å². The minimum absolute atomic E-state index is 0.0316. The van der Waals surface area contributed by atoms with Gasteiger partial charge in [-0.15, -0.1) is 0 Å². The fourth-order valence-electron chi connectivity index (χ4n) is 2.92. The van der Waals surface area contributed by atoms with Gasteiger partial charge in [-0.1, -0.05) is 25.4 Å². The summed E-state index contributed by atoms with van der Waals surface area (Å²) in [5.74, 6) is 0.826. The lowest BCUT2D eigenvalue weighted by Crippen LogP contribution is -2.61. The van der Waals surface area contributed by atoms with E-state index in [1.807, 2.05) is 18.2 Å². The maximum absolute atomic E-state index is 6.32. The quantitative estimate of drug-likeness (QED) is 0.755. The molecule has 3 atom stereocenters. The molecule has 1 aliphatic carbocycles. The normalized spacial score (nSPS) is 28.4. The van der Waals surface area contributed by atoms with Gasteiger partial charge in [0.25, 0.3) is 0 Å². The van der Waals surface area contributed by atoms with E-state index in [4.69, 9.17) is 22.1 Å². The van der Waals surface area contributed by atoms with E-state index in [0.29, 0.717) is 5.02 Å². The highest BCUT2D eigenvalue weighted by Crippen LogP contribution is 2.46. The Hall–Kier alpha value is -0.590. The molecule has 2 N–H and O–H groups in total. The molecule has 3 nitrogen and oxygen atoms in total. The van der Waals surface area contributed by atoms with Gasteiger partial charge >= 0.3 is 0 Å². The van der Waals surface area contributed by atoms with E-state index < -0.39 is 0 Å². The van der Waals surface area contributed by atoms with Gasteiger partial charge in [-0.25, -0.2) is 0 Å². The van der Waals surface area contributed by atoms with Gasteiger partial charge < -0.3 is 10.5 Å². The second-order valence-electron chi connectivity index (χ2n) is 5.88. The van der Waals surface area contributed by atoms with Crippen molar-refractivity contribution in [3.05, 3.63) is 33.0 Å². The van der Waals surface area contributed by atoms with E-state index in [1.165, 1.54) is 0 Å². The second kappa shape index (κ2) is 5.56. The van der Waals surface area contributed by atoms with Crippen LogP contribution in [0.25, 0.3) is 10.9 Å². The molecule has 112 valence electrons. The van der Waals surface area contributed by atoms with Crippen molar-refractivity contribution in [1.29, 1.82) is 0 Å². The summed E-state index contributed by atoms with van der Waals surface area (Å²) in [6.07, 6.45) is 3.80. The van der Waals surface area contributed by atoms with Crippen LogP contribution in [0, 0.1) is 8.99 Å². The number of benzene rings is 1. The van der Waals surface area contributed by atoms with E-state index in [1.54, 1.807) is 6.20 Å². The first-order chi connectivity index (χ1) is 9.97. The van der Waals surface area contributed by atoms with Crippen LogP contribution in [0.2, 0.25) is 5.02 Å². The first-order valence-electron chi connectivity index (χ1n) is 7.12. The molecule has 2 aromatic rings. The number of aromatic nitrogens is 1. The Labute approximate surface area is 143 Å². The lowest BCUT2D eigenvalue weighted by atomic mass is 9.62. The number of hydrogen-bond donors (Lipinski definition) is 1. The maximum atomic E-state index is 6.32. The SMILES string of the molecule is CCC1(C)C(N)CC1Oc1c(I)cc(Cl)c2cccnc12. The lowest BCUT2D eigenvalue weighted by molar-refractivity contribution is -0.0557.